The van der Waals surface area contributed by atoms with E-state index in [0.29, 0.717) is 19.0 Å². The number of aliphatic imine (C=N–C) groups is 1. The van der Waals surface area contributed by atoms with Gasteiger partial charge in [-0.05, 0) is 55.0 Å². The molecule has 1 atom stereocenters. The molecule has 0 aromatic heterocycles. The van der Waals surface area contributed by atoms with Crippen molar-refractivity contribution in [2.75, 3.05) is 18.5 Å². The molecule has 0 amide bonds. The molecule has 1 rings (SSSR count). The van der Waals surface area contributed by atoms with Crippen molar-refractivity contribution in [1.82, 2.24) is 0 Å². The van der Waals surface area contributed by atoms with E-state index in [1.54, 1.807) is 0 Å². The van der Waals surface area contributed by atoms with Crippen molar-refractivity contribution in [2.45, 2.75) is 33.6 Å². The maximum atomic E-state index is 11.9. The van der Waals surface area contributed by atoms with Gasteiger partial charge in [0.2, 0.25) is 0 Å². The summed E-state index contributed by atoms with van der Waals surface area (Å²) < 4.78 is 6.19. The Bertz CT molecular complexity index is 489. The number of hydrogen-bond acceptors (Lipinski definition) is 3. The van der Waals surface area contributed by atoms with Crippen LogP contribution in [0.2, 0.25) is 0 Å². The fourth-order valence-corrected chi connectivity index (χ4v) is 2.24. The highest BCUT2D eigenvalue weighted by Gasteiger charge is 2.21. The van der Waals surface area contributed by atoms with Gasteiger partial charge >= 0.3 is 5.97 Å². The molecule has 0 saturated heterocycles. The van der Waals surface area contributed by atoms with Crippen molar-refractivity contribution in [3.05, 3.63) is 27.8 Å². The van der Waals surface area contributed by atoms with Crippen LogP contribution in [0.1, 0.15) is 33.6 Å². The van der Waals surface area contributed by atoms with Crippen LogP contribution in [0.4, 0.5) is 5.69 Å². The molecule has 1 unspecified atom stereocenters. The van der Waals surface area contributed by atoms with E-state index in [1.165, 1.54) is 0 Å². The van der Waals surface area contributed by atoms with Crippen LogP contribution >= 0.6 is 22.6 Å². The molecule has 0 spiro atoms. The maximum Gasteiger partial charge on any atom is 0.316 e. The highest BCUT2D eigenvalue weighted by molar-refractivity contribution is 14.1. The summed E-state index contributed by atoms with van der Waals surface area (Å²) in [6.07, 6.45) is 2.08. The van der Waals surface area contributed by atoms with Crippen molar-refractivity contribution in [3.8, 4) is 0 Å². The number of esters is 1. The molecule has 0 saturated carbocycles. The second-order valence-electron chi connectivity index (χ2n) is 4.70. The van der Waals surface area contributed by atoms with Gasteiger partial charge in [-0.2, -0.15) is 0 Å². The summed E-state index contributed by atoms with van der Waals surface area (Å²) in [6, 6.07) is 7.94. The first kappa shape index (κ1) is 17.9. The molecule has 0 aliphatic heterocycles. The van der Waals surface area contributed by atoms with Gasteiger partial charge in [0, 0.05) is 10.1 Å². The average molecular weight is 402 g/mol. The first-order valence-corrected chi connectivity index (χ1v) is 8.40. The summed E-state index contributed by atoms with van der Waals surface area (Å²) in [6.45, 7) is 6.86. The van der Waals surface area contributed by atoms with Crippen LogP contribution in [0.15, 0.2) is 29.3 Å². The summed E-state index contributed by atoms with van der Waals surface area (Å²) in [4.78, 5) is 16.5. The van der Waals surface area contributed by atoms with Gasteiger partial charge in [-0.15, -0.1) is 0 Å². The minimum atomic E-state index is -0.391. The zero-order valence-corrected chi connectivity index (χ0v) is 15.0. The number of rotatable bonds is 7. The molecule has 5 heteroatoms. The zero-order valence-electron chi connectivity index (χ0n) is 12.9. The molecule has 1 N–H and O–H groups in total. The lowest BCUT2D eigenvalue weighted by Gasteiger charge is -2.17. The number of unbranched alkanes of at least 4 members (excludes halogenated alkanes) is 1. The summed E-state index contributed by atoms with van der Waals surface area (Å²) in [5.74, 6) is 0.0371. The van der Waals surface area contributed by atoms with E-state index in [-0.39, 0.29) is 5.97 Å². The third-order valence-electron chi connectivity index (χ3n) is 2.98. The average Bonchev–Trinajstić information content (AvgIpc) is 2.48. The summed E-state index contributed by atoms with van der Waals surface area (Å²) in [5, 5.41) is 3.29. The maximum absolute atomic E-state index is 11.9. The molecule has 0 fully saturated rings. The molecule has 0 radical (unpaired) electrons. The molecule has 1 aromatic rings. The highest BCUT2D eigenvalue weighted by Crippen LogP contribution is 2.18. The largest absolute Gasteiger partial charge is 0.465 e. The number of hydrogen-bond donors (Lipinski definition) is 1. The Morgan fingerprint density at radius 3 is 2.71 bits per heavy atom. The fraction of sp³-hybridized carbons (Fsp3) is 0.500. The summed E-state index contributed by atoms with van der Waals surface area (Å²) in [7, 11) is 0. The van der Waals surface area contributed by atoms with E-state index in [1.807, 2.05) is 38.1 Å². The van der Waals surface area contributed by atoms with Gasteiger partial charge in [0.1, 0.15) is 11.8 Å². The molecule has 0 aliphatic carbocycles. The number of nitrogens with one attached hydrogen (secondary N) is 1. The Morgan fingerprint density at radius 1 is 1.38 bits per heavy atom. The van der Waals surface area contributed by atoms with Crippen molar-refractivity contribution < 1.29 is 9.53 Å². The fourth-order valence-electron chi connectivity index (χ4n) is 1.72. The highest BCUT2D eigenvalue weighted by atomic mass is 127. The van der Waals surface area contributed by atoms with Gasteiger partial charge in [-0.1, -0.05) is 25.5 Å². The Balaban J connectivity index is 2.89. The van der Waals surface area contributed by atoms with Crippen LogP contribution in [0.25, 0.3) is 0 Å². The number of halogens is 1. The number of amidine groups is 1. The van der Waals surface area contributed by atoms with Crippen molar-refractivity contribution >= 4 is 40.1 Å². The van der Waals surface area contributed by atoms with Crippen molar-refractivity contribution in [2.24, 2.45) is 10.9 Å². The molecule has 0 heterocycles. The van der Waals surface area contributed by atoms with Crippen LogP contribution in [0.3, 0.4) is 0 Å². The topological polar surface area (TPSA) is 50.7 Å². The minimum Gasteiger partial charge on any atom is -0.465 e. The standard InChI is InChI=1S/C16H23IN2O2/c1-4-6-11-18-15(12(3)16(20)21-5-2)19-14-10-8-7-9-13(14)17/h7-10,12H,4-6,11H2,1-3H3,(H,18,19). The molecule has 1 aromatic carbocycles. The Hall–Kier alpha value is -1.11. The number of anilines is 1. The molecule has 4 nitrogen and oxygen atoms in total. The Kier molecular flexibility index (Phi) is 8.34. The lowest BCUT2D eigenvalue weighted by molar-refractivity contribution is -0.145. The van der Waals surface area contributed by atoms with Crippen LogP contribution in [-0.2, 0) is 9.53 Å². The minimum absolute atomic E-state index is 0.244. The lowest BCUT2D eigenvalue weighted by atomic mass is 10.1. The molecular weight excluding hydrogens is 379 g/mol. The number of para-hydroxylation sites is 1. The second-order valence-corrected chi connectivity index (χ2v) is 5.86. The Morgan fingerprint density at radius 2 is 2.10 bits per heavy atom. The quantitative estimate of drug-likeness (QED) is 0.246. The van der Waals surface area contributed by atoms with E-state index < -0.39 is 5.92 Å². The first-order chi connectivity index (χ1) is 10.1. The van der Waals surface area contributed by atoms with E-state index >= 15 is 0 Å². The van der Waals surface area contributed by atoms with Crippen LogP contribution in [0.5, 0.6) is 0 Å². The predicted molar refractivity (Wildman–Crippen MR) is 95.8 cm³/mol. The van der Waals surface area contributed by atoms with E-state index in [4.69, 9.17) is 4.74 Å². The van der Waals surface area contributed by atoms with Gasteiger partial charge in [-0.25, -0.2) is 0 Å². The summed E-state index contributed by atoms with van der Waals surface area (Å²) >= 11 is 2.26. The second kappa shape index (κ2) is 9.76. The smallest absolute Gasteiger partial charge is 0.316 e. The Labute approximate surface area is 140 Å². The number of nitrogens with zero attached hydrogens (tertiary/aromatic N) is 1. The SMILES string of the molecule is CCCCN=C(Nc1ccccc1I)C(C)C(=O)OCC. The van der Waals surface area contributed by atoms with E-state index in [9.17, 15) is 4.79 Å². The number of carbonyl (C=O) groups excluding carboxylic acids is 1. The third-order valence-corrected chi connectivity index (χ3v) is 3.92. The van der Waals surface area contributed by atoms with Crippen LogP contribution in [-0.4, -0.2) is 25.0 Å². The molecule has 0 bridgehead atoms. The van der Waals surface area contributed by atoms with Crippen molar-refractivity contribution in [1.29, 1.82) is 0 Å². The lowest BCUT2D eigenvalue weighted by Crippen LogP contribution is -2.29. The first-order valence-electron chi connectivity index (χ1n) is 7.32. The van der Waals surface area contributed by atoms with Crippen LogP contribution in [0, 0.1) is 9.49 Å². The number of benzene rings is 1. The molecular formula is C16H23IN2O2. The predicted octanol–water partition coefficient (Wildman–Crippen LogP) is 4.10. The number of carbonyl (C=O) groups is 1. The van der Waals surface area contributed by atoms with E-state index in [0.717, 1.165) is 22.1 Å². The summed E-state index contributed by atoms with van der Waals surface area (Å²) in [5.41, 5.74) is 0.962. The molecule has 21 heavy (non-hydrogen) atoms. The molecule has 0 aliphatic rings. The van der Waals surface area contributed by atoms with Gasteiger partial charge in [0.15, 0.2) is 0 Å². The van der Waals surface area contributed by atoms with Crippen LogP contribution < -0.4 is 5.32 Å². The normalized spacial score (nSPS) is 12.9. The van der Waals surface area contributed by atoms with Gasteiger partial charge < -0.3 is 10.1 Å². The van der Waals surface area contributed by atoms with Gasteiger partial charge in [0.05, 0.1) is 12.3 Å². The monoisotopic (exact) mass is 402 g/mol. The molecule has 116 valence electrons. The van der Waals surface area contributed by atoms with E-state index in [2.05, 4.69) is 39.8 Å². The van der Waals surface area contributed by atoms with Gasteiger partial charge in [0.25, 0.3) is 0 Å². The number of ether oxygens (including phenoxy) is 1. The zero-order chi connectivity index (χ0) is 15.7. The van der Waals surface area contributed by atoms with Crippen molar-refractivity contribution in [3.63, 3.8) is 0 Å². The van der Waals surface area contributed by atoms with Gasteiger partial charge in [-0.3, -0.25) is 9.79 Å². The third kappa shape index (κ3) is 6.03.